The Morgan fingerprint density at radius 1 is 1.15 bits per heavy atom. The minimum Gasteiger partial charge on any atom is -0.493 e. The second-order valence-electron chi connectivity index (χ2n) is 5.26. The van der Waals surface area contributed by atoms with Crippen LogP contribution in [-0.2, 0) is 5.75 Å². The van der Waals surface area contributed by atoms with E-state index in [0.717, 1.165) is 16.3 Å². The highest BCUT2D eigenvalue weighted by Gasteiger charge is 2.11. The maximum Gasteiger partial charge on any atom is 0.253 e. The topological polar surface area (TPSA) is 74.4 Å². The number of ether oxygens (including phenoxy) is 2. The van der Waals surface area contributed by atoms with Gasteiger partial charge in [0.15, 0.2) is 11.5 Å². The summed E-state index contributed by atoms with van der Waals surface area (Å²) in [4.78, 5) is 13.3. The first-order chi connectivity index (χ1) is 12.8. The molecule has 0 aliphatic rings. The molecule has 1 aromatic carbocycles. The van der Waals surface area contributed by atoms with Gasteiger partial charge in [0, 0.05) is 29.1 Å². The van der Waals surface area contributed by atoms with Crippen LogP contribution in [0.15, 0.2) is 47.2 Å². The molecule has 0 bridgehead atoms. The molecule has 0 saturated carbocycles. The summed E-state index contributed by atoms with van der Waals surface area (Å²) in [5, 5.41) is 8.06. The second-order valence-corrected chi connectivity index (χ2v) is 7.06. The Kier molecular flexibility index (Phi) is 4.72. The third-order valence-corrected chi connectivity index (χ3v) is 5.44. The van der Waals surface area contributed by atoms with E-state index in [1.165, 1.54) is 11.8 Å². The van der Waals surface area contributed by atoms with Gasteiger partial charge in [-0.15, -0.1) is 16.4 Å². The molecule has 132 valence electrons. The molecule has 4 aromatic rings. The van der Waals surface area contributed by atoms with Gasteiger partial charge in [-0.25, -0.2) is 14.5 Å². The van der Waals surface area contributed by atoms with Gasteiger partial charge in [-0.3, -0.25) is 0 Å². The zero-order valence-corrected chi connectivity index (χ0v) is 15.8. The first-order valence-electron chi connectivity index (χ1n) is 7.74. The maximum atomic E-state index is 5.36. The minimum atomic E-state index is 0.597. The van der Waals surface area contributed by atoms with Crippen LogP contribution in [0.25, 0.3) is 16.3 Å². The monoisotopic (exact) mass is 385 g/mol. The second kappa shape index (κ2) is 7.30. The molecule has 0 aliphatic heterocycles. The molecular formula is C17H15N5O2S2. The fraction of sp³-hybridized carbons (Fsp3) is 0.176. The lowest BCUT2D eigenvalue weighted by Gasteiger charge is -2.08. The Hall–Kier alpha value is -2.65. The summed E-state index contributed by atoms with van der Waals surface area (Å²) in [5.41, 5.74) is 1.98. The highest BCUT2D eigenvalue weighted by Crippen LogP contribution is 2.34. The van der Waals surface area contributed by atoms with Crippen molar-refractivity contribution in [3.63, 3.8) is 0 Å². The van der Waals surface area contributed by atoms with Gasteiger partial charge in [-0.05, 0) is 24.3 Å². The van der Waals surface area contributed by atoms with E-state index >= 15 is 0 Å². The van der Waals surface area contributed by atoms with Crippen molar-refractivity contribution < 1.29 is 9.47 Å². The summed E-state index contributed by atoms with van der Waals surface area (Å²) >= 11 is 3.13. The van der Waals surface area contributed by atoms with Crippen molar-refractivity contribution in [2.75, 3.05) is 14.2 Å². The number of thiazole rings is 1. The lowest BCUT2D eigenvalue weighted by molar-refractivity contribution is 0.355. The Balaban J connectivity index is 1.49. The number of nitrogens with zero attached hydrogens (tertiary/aromatic N) is 5. The average molecular weight is 385 g/mol. The Bertz CT molecular complexity index is 1010. The largest absolute Gasteiger partial charge is 0.493 e. The molecule has 4 rings (SSSR count). The predicted molar refractivity (Wildman–Crippen MR) is 101 cm³/mol. The van der Waals surface area contributed by atoms with Crippen molar-refractivity contribution in [2.24, 2.45) is 0 Å². The zero-order valence-electron chi connectivity index (χ0n) is 14.1. The van der Waals surface area contributed by atoms with Crippen LogP contribution in [0.2, 0.25) is 0 Å². The van der Waals surface area contributed by atoms with E-state index in [1.807, 2.05) is 35.8 Å². The molecule has 0 fully saturated rings. The van der Waals surface area contributed by atoms with Gasteiger partial charge in [0.25, 0.3) is 5.78 Å². The molecule has 0 N–H and O–H groups in total. The number of hydrogen-bond donors (Lipinski definition) is 0. The number of benzene rings is 1. The molecule has 26 heavy (non-hydrogen) atoms. The summed E-state index contributed by atoms with van der Waals surface area (Å²) in [6.07, 6.45) is 3.53. The molecule has 0 aliphatic carbocycles. The molecule has 3 aromatic heterocycles. The normalized spacial score (nSPS) is 11.0. The molecule has 3 heterocycles. The molecule has 9 heteroatoms. The zero-order chi connectivity index (χ0) is 17.9. The average Bonchev–Trinajstić information content (AvgIpc) is 3.32. The molecule has 0 amide bonds. The molecule has 7 nitrogen and oxygen atoms in total. The number of thioether (sulfide) groups is 1. The summed E-state index contributed by atoms with van der Waals surface area (Å²) in [5.74, 6) is 2.69. The smallest absolute Gasteiger partial charge is 0.253 e. The van der Waals surface area contributed by atoms with Crippen LogP contribution in [0.3, 0.4) is 0 Å². The van der Waals surface area contributed by atoms with Crippen molar-refractivity contribution in [3.05, 3.63) is 47.7 Å². The quantitative estimate of drug-likeness (QED) is 0.470. The summed E-state index contributed by atoms with van der Waals surface area (Å²) in [6.45, 7) is 0. The van der Waals surface area contributed by atoms with Gasteiger partial charge in [0.2, 0.25) is 5.16 Å². The van der Waals surface area contributed by atoms with E-state index in [0.29, 0.717) is 28.2 Å². The van der Waals surface area contributed by atoms with Gasteiger partial charge in [0.05, 0.1) is 19.9 Å². The van der Waals surface area contributed by atoms with Crippen molar-refractivity contribution in [1.82, 2.24) is 24.6 Å². The first kappa shape index (κ1) is 16.8. The third-order valence-electron chi connectivity index (χ3n) is 3.63. The van der Waals surface area contributed by atoms with E-state index in [-0.39, 0.29) is 0 Å². The van der Waals surface area contributed by atoms with Gasteiger partial charge in [-0.2, -0.15) is 4.98 Å². The molecule has 0 unspecified atom stereocenters. The van der Waals surface area contributed by atoms with Crippen LogP contribution in [0, 0.1) is 0 Å². The Morgan fingerprint density at radius 3 is 2.85 bits per heavy atom. The highest BCUT2D eigenvalue weighted by molar-refractivity contribution is 7.98. The van der Waals surface area contributed by atoms with Crippen LogP contribution >= 0.6 is 23.1 Å². The van der Waals surface area contributed by atoms with Crippen LogP contribution in [0.4, 0.5) is 0 Å². The van der Waals surface area contributed by atoms with Crippen LogP contribution in [-0.4, -0.2) is 38.8 Å². The number of aromatic nitrogens is 5. The predicted octanol–water partition coefficient (Wildman–Crippen LogP) is 3.56. The van der Waals surface area contributed by atoms with E-state index in [2.05, 4.69) is 15.1 Å². The Labute approximate surface area is 158 Å². The van der Waals surface area contributed by atoms with Crippen LogP contribution < -0.4 is 9.47 Å². The van der Waals surface area contributed by atoms with E-state index in [9.17, 15) is 0 Å². The molecule has 0 atom stereocenters. The highest BCUT2D eigenvalue weighted by atomic mass is 32.2. The summed E-state index contributed by atoms with van der Waals surface area (Å²) in [7, 11) is 3.25. The molecule has 0 radical (unpaired) electrons. The fourth-order valence-corrected chi connectivity index (χ4v) is 4.03. The molecular weight excluding hydrogens is 370 g/mol. The SMILES string of the molecule is COc1ccc(-c2nc(CSc3nc4ncccn4n3)cs2)cc1OC. The lowest BCUT2D eigenvalue weighted by atomic mass is 10.2. The van der Waals surface area contributed by atoms with Gasteiger partial charge < -0.3 is 9.47 Å². The van der Waals surface area contributed by atoms with E-state index < -0.39 is 0 Å². The van der Waals surface area contributed by atoms with Crippen molar-refractivity contribution >= 4 is 28.9 Å². The fourth-order valence-electron chi connectivity index (χ4n) is 2.39. The van der Waals surface area contributed by atoms with Gasteiger partial charge in [0.1, 0.15) is 5.01 Å². The summed E-state index contributed by atoms with van der Waals surface area (Å²) in [6, 6.07) is 7.62. The lowest BCUT2D eigenvalue weighted by Crippen LogP contribution is -1.91. The van der Waals surface area contributed by atoms with Crippen molar-refractivity contribution in [2.45, 2.75) is 10.9 Å². The minimum absolute atomic E-state index is 0.597. The van der Waals surface area contributed by atoms with Gasteiger partial charge in [-0.1, -0.05) is 11.8 Å². The molecule has 0 saturated heterocycles. The molecule has 0 spiro atoms. The summed E-state index contributed by atoms with van der Waals surface area (Å²) < 4.78 is 12.3. The van der Waals surface area contributed by atoms with Crippen molar-refractivity contribution in [3.8, 4) is 22.1 Å². The maximum absolute atomic E-state index is 5.36. The Morgan fingerprint density at radius 2 is 2.04 bits per heavy atom. The number of fused-ring (bicyclic) bond motifs is 1. The van der Waals surface area contributed by atoms with Crippen LogP contribution in [0.1, 0.15) is 5.69 Å². The van der Waals surface area contributed by atoms with Crippen LogP contribution in [0.5, 0.6) is 11.5 Å². The van der Waals surface area contributed by atoms with E-state index in [1.54, 1.807) is 36.3 Å². The standard InChI is InChI=1S/C17H15N5O2S2/c1-23-13-5-4-11(8-14(13)24-2)15-19-12(9-25-15)10-26-17-20-16-18-6-3-7-22(16)21-17/h3-9H,10H2,1-2H3. The third kappa shape index (κ3) is 3.35. The number of methoxy groups -OCH3 is 2. The number of hydrogen-bond acceptors (Lipinski definition) is 8. The van der Waals surface area contributed by atoms with E-state index in [4.69, 9.17) is 14.5 Å². The number of rotatable bonds is 6. The van der Waals surface area contributed by atoms with Crippen molar-refractivity contribution in [1.29, 1.82) is 0 Å². The van der Waals surface area contributed by atoms with Gasteiger partial charge >= 0.3 is 0 Å². The first-order valence-corrected chi connectivity index (χ1v) is 9.60.